The monoisotopic (exact) mass is 226 g/mol. The van der Waals surface area contributed by atoms with Gasteiger partial charge < -0.3 is 5.32 Å². The molecule has 0 spiro atoms. The molecule has 0 unspecified atom stereocenters. The van der Waals surface area contributed by atoms with Crippen LogP contribution in [0.15, 0.2) is 4.99 Å². The normalized spacial score (nSPS) is 30.7. The lowest BCUT2D eigenvalue weighted by Crippen LogP contribution is -2.46. The van der Waals surface area contributed by atoms with Crippen LogP contribution in [0.25, 0.3) is 0 Å². The third-order valence-electron chi connectivity index (χ3n) is 3.58. The summed E-state index contributed by atoms with van der Waals surface area (Å²) >= 11 is 1.88. The van der Waals surface area contributed by atoms with Crippen LogP contribution >= 0.6 is 11.8 Å². The van der Waals surface area contributed by atoms with Crippen molar-refractivity contribution in [3.8, 4) is 0 Å². The zero-order valence-electron chi connectivity index (χ0n) is 10.1. The molecular formula is C12H22N2S. The maximum Gasteiger partial charge on any atom is 0.156 e. The minimum atomic E-state index is 0.241. The van der Waals surface area contributed by atoms with Gasteiger partial charge in [-0.1, -0.05) is 25.1 Å². The van der Waals surface area contributed by atoms with Crippen LogP contribution in [0.3, 0.4) is 0 Å². The molecule has 0 amide bonds. The van der Waals surface area contributed by atoms with E-state index in [9.17, 15) is 0 Å². The van der Waals surface area contributed by atoms with Crippen molar-refractivity contribution in [2.45, 2.75) is 52.0 Å². The first-order chi connectivity index (χ1) is 6.99. The molecular weight excluding hydrogens is 204 g/mol. The molecule has 1 aliphatic carbocycles. The highest BCUT2D eigenvalue weighted by molar-refractivity contribution is 8.13. The van der Waals surface area contributed by atoms with Gasteiger partial charge in [-0.15, -0.1) is 0 Å². The molecule has 0 radical (unpaired) electrons. The average molecular weight is 226 g/mol. The van der Waals surface area contributed by atoms with E-state index in [1.54, 1.807) is 0 Å². The molecule has 15 heavy (non-hydrogen) atoms. The Hall–Kier alpha value is -0.180. The summed E-state index contributed by atoms with van der Waals surface area (Å²) < 4.78 is 0. The summed E-state index contributed by atoms with van der Waals surface area (Å²) in [5, 5.41) is 4.69. The van der Waals surface area contributed by atoms with Crippen LogP contribution in [0.2, 0.25) is 0 Å². The molecule has 2 fully saturated rings. The minimum Gasteiger partial charge on any atom is -0.360 e. The fourth-order valence-electron chi connectivity index (χ4n) is 2.08. The molecule has 0 aromatic carbocycles. The molecule has 1 N–H and O–H groups in total. The fraction of sp³-hybridized carbons (Fsp3) is 0.917. The van der Waals surface area contributed by atoms with Crippen LogP contribution in [0.4, 0.5) is 0 Å². The van der Waals surface area contributed by atoms with Crippen molar-refractivity contribution in [1.82, 2.24) is 5.32 Å². The maximum absolute atomic E-state index is 4.74. The molecule has 1 heterocycles. The van der Waals surface area contributed by atoms with Crippen LogP contribution in [0, 0.1) is 5.41 Å². The first kappa shape index (κ1) is 11.3. The highest BCUT2D eigenvalue weighted by Crippen LogP contribution is 2.40. The molecule has 86 valence electrons. The summed E-state index contributed by atoms with van der Waals surface area (Å²) in [5.41, 5.74) is 0.751. The van der Waals surface area contributed by atoms with E-state index < -0.39 is 0 Å². The first-order valence-corrected chi connectivity index (χ1v) is 6.93. The SMILES string of the molecule is CC1(CN=C2NC(C)(C)CCS2)CCC1. The summed E-state index contributed by atoms with van der Waals surface area (Å²) in [6.45, 7) is 7.89. The van der Waals surface area contributed by atoms with Gasteiger partial charge in [-0.25, -0.2) is 0 Å². The minimum absolute atomic E-state index is 0.241. The van der Waals surface area contributed by atoms with E-state index in [4.69, 9.17) is 4.99 Å². The third kappa shape index (κ3) is 2.90. The lowest BCUT2D eigenvalue weighted by atomic mass is 9.71. The van der Waals surface area contributed by atoms with E-state index in [1.807, 2.05) is 11.8 Å². The highest BCUT2D eigenvalue weighted by Gasteiger charge is 2.32. The van der Waals surface area contributed by atoms with Gasteiger partial charge in [-0.05, 0) is 38.5 Å². The fourth-order valence-corrected chi connectivity index (χ4v) is 3.39. The van der Waals surface area contributed by atoms with Gasteiger partial charge in [0.1, 0.15) is 0 Å². The van der Waals surface area contributed by atoms with Gasteiger partial charge in [-0.2, -0.15) is 0 Å². The predicted molar refractivity (Wildman–Crippen MR) is 68.5 cm³/mol. The summed E-state index contributed by atoms with van der Waals surface area (Å²) in [5.74, 6) is 1.20. The molecule has 1 aliphatic heterocycles. The van der Waals surface area contributed by atoms with E-state index >= 15 is 0 Å². The van der Waals surface area contributed by atoms with Crippen molar-refractivity contribution in [2.75, 3.05) is 12.3 Å². The first-order valence-electron chi connectivity index (χ1n) is 5.95. The molecule has 1 saturated heterocycles. The van der Waals surface area contributed by atoms with E-state index in [1.165, 1.54) is 36.6 Å². The van der Waals surface area contributed by atoms with Crippen molar-refractivity contribution < 1.29 is 0 Å². The Morgan fingerprint density at radius 3 is 2.53 bits per heavy atom. The number of amidine groups is 1. The summed E-state index contributed by atoms with van der Waals surface area (Å²) in [6.07, 6.45) is 5.34. The van der Waals surface area contributed by atoms with Crippen molar-refractivity contribution in [3.63, 3.8) is 0 Å². The van der Waals surface area contributed by atoms with Crippen LogP contribution < -0.4 is 5.32 Å². The second-order valence-electron chi connectivity index (χ2n) is 5.89. The molecule has 3 heteroatoms. The van der Waals surface area contributed by atoms with Gasteiger partial charge in [0.15, 0.2) is 5.17 Å². The maximum atomic E-state index is 4.74. The van der Waals surface area contributed by atoms with Crippen molar-refractivity contribution >= 4 is 16.9 Å². The molecule has 2 rings (SSSR count). The molecule has 1 saturated carbocycles. The Labute approximate surface area is 97.3 Å². The van der Waals surface area contributed by atoms with Crippen molar-refractivity contribution in [2.24, 2.45) is 10.4 Å². The number of nitrogens with zero attached hydrogens (tertiary/aromatic N) is 1. The number of hydrogen-bond donors (Lipinski definition) is 1. The molecule has 0 bridgehead atoms. The van der Waals surface area contributed by atoms with E-state index in [0.29, 0.717) is 5.41 Å². The van der Waals surface area contributed by atoms with Crippen molar-refractivity contribution in [3.05, 3.63) is 0 Å². The van der Waals surface area contributed by atoms with Gasteiger partial charge in [-0.3, -0.25) is 4.99 Å². The summed E-state index contributed by atoms with van der Waals surface area (Å²) in [7, 11) is 0. The standard InChI is InChI=1S/C12H22N2S/c1-11(2)7-8-15-10(14-11)13-9-12(3)5-4-6-12/h4-9H2,1-3H3,(H,13,14). The average Bonchev–Trinajstić information content (AvgIpc) is 2.10. The number of aliphatic imine (C=N–C) groups is 1. The Bertz CT molecular complexity index is 267. The lowest BCUT2D eigenvalue weighted by molar-refractivity contribution is 0.174. The molecule has 0 aromatic heterocycles. The largest absolute Gasteiger partial charge is 0.360 e. The van der Waals surface area contributed by atoms with Crippen LogP contribution in [-0.4, -0.2) is 23.0 Å². The number of rotatable bonds is 2. The molecule has 2 aliphatic rings. The van der Waals surface area contributed by atoms with E-state index in [-0.39, 0.29) is 5.54 Å². The second kappa shape index (κ2) is 4.00. The summed E-state index contributed by atoms with van der Waals surface area (Å²) in [4.78, 5) is 4.74. The zero-order valence-corrected chi connectivity index (χ0v) is 10.9. The summed E-state index contributed by atoms with van der Waals surface area (Å²) in [6, 6.07) is 0. The van der Waals surface area contributed by atoms with Gasteiger partial charge in [0, 0.05) is 17.8 Å². The second-order valence-corrected chi connectivity index (χ2v) is 6.98. The topological polar surface area (TPSA) is 24.4 Å². The van der Waals surface area contributed by atoms with Crippen LogP contribution in [-0.2, 0) is 0 Å². The zero-order chi connectivity index (χ0) is 10.9. The third-order valence-corrected chi connectivity index (χ3v) is 4.49. The molecule has 0 aromatic rings. The quantitative estimate of drug-likeness (QED) is 0.782. The Morgan fingerprint density at radius 1 is 1.27 bits per heavy atom. The van der Waals surface area contributed by atoms with Gasteiger partial charge in [0.2, 0.25) is 0 Å². The lowest BCUT2D eigenvalue weighted by Gasteiger charge is -2.38. The van der Waals surface area contributed by atoms with E-state index in [0.717, 1.165) is 6.54 Å². The van der Waals surface area contributed by atoms with Gasteiger partial charge in [0.05, 0.1) is 0 Å². The Balaban J connectivity index is 1.89. The predicted octanol–water partition coefficient (Wildman–Crippen LogP) is 3.04. The van der Waals surface area contributed by atoms with Gasteiger partial charge >= 0.3 is 0 Å². The number of nitrogens with one attached hydrogen (secondary N) is 1. The number of hydrogen-bond acceptors (Lipinski definition) is 2. The Kier molecular flexibility index (Phi) is 3.02. The Morgan fingerprint density at radius 2 is 2.00 bits per heavy atom. The van der Waals surface area contributed by atoms with E-state index in [2.05, 4.69) is 26.1 Å². The molecule has 0 atom stereocenters. The highest BCUT2D eigenvalue weighted by atomic mass is 32.2. The van der Waals surface area contributed by atoms with Crippen LogP contribution in [0.5, 0.6) is 0 Å². The van der Waals surface area contributed by atoms with Crippen LogP contribution in [0.1, 0.15) is 46.5 Å². The molecule has 2 nitrogen and oxygen atoms in total. The van der Waals surface area contributed by atoms with Crippen molar-refractivity contribution in [1.29, 1.82) is 0 Å². The smallest absolute Gasteiger partial charge is 0.156 e. The van der Waals surface area contributed by atoms with Gasteiger partial charge in [0.25, 0.3) is 0 Å². The number of thioether (sulfide) groups is 1.